The second kappa shape index (κ2) is 14.5. The maximum Gasteiger partial charge on any atom is 0.258 e. The summed E-state index contributed by atoms with van der Waals surface area (Å²) in [7, 11) is 6.22. The molecular formula is C38H42N2O9. The Hall–Kier alpha value is -5.26. The molecule has 0 aliphatic heterocycles. The van der Waals surface area contributed by atoms with Crippen LogP contribution in [0.4, 0.5) is 0 Å². The fourth-order valence-corrected chi connectivity index (χ4v) is 5.36. The lowest BCUT2D eigenvalue weighted by Crippen LogP contribution is -2.36. The SMILES string of the molecule is COc1ccc(C(O)C(C)(C)Oc2ccc(-c3noc(-c4ccc(OC(C)(C)C(O)c5ccc(OC)c(OC)c5)cc4)n3)cc2)cc1OC. The summed E-state index contributed by atoms with van der Waals surface area (Å²) in [5, 5.41) is 26.4. The average molecular weight is 671 g/mol. The van der Waals surface area contributed by atoms with Gasteiger partial charge in [0.1, 0.15) is 34.9 Å². The van der Waals surface area contributed by atoms with Crippen molar-refractivity contribution in [2.45, 2.75) is 51.1 Å². The van der Waals surface area contributed by atoms with Crippen molar-refractivity contribution >= 4 is 0 Å². The van der Waals surface area contributed by atoms with Gasteiger partial charge in [0.2, 0.25) is 5.82 Å². The summed E-state index contributed by atoms with van der Waals surface area (Å²) in [5.74, 6) is 4.06. The van der Waals surface area contributed by atoms with Crippen LogP contribution in [0, 0.1) is 0 Å². The third kappa shape index (κ3) is 7.74. The maximum atomic E-state index is 11.1. The van der Waals surface area contributed by atoms with Gasteiger partial charge in [-0.1, -0.05) is 17.3 Å². The molecule has 2 atom stereocenters. The van der Waals surface area contributed by atoms with Crippen LogP contribution in [0.25, 0.3) is 22.8 Å². The number of methoxy groups -OCH3 is 4. The van der Waals surface area contributed by atoms with Crippen molar-refractivity contribution in [2.24, 2.45) is 0 Å². The first-order valence-electron chi connectivity index (χ1n) is 15.6. The third-order valence-electron chi connectivity index (χ3n) is 8.17. The Morgan fingerprint density at radius 1 is 0.551 bits per heavy atom. The molecule has 0 radical (unpaired) electrons. The Morgan fingerprint density at radius 3 is 1.37 bits per heavy atom. The molecule has 49 heavy (non-hydrogen) atoms. The molecular weight excluding hydrogens is 628 g/mol. The van der Waals surface area contributed by atoms with Gasteiger partial charge in [-0.25, -0.2) is 0 Å². The molecule has 1 heterocycles. The molecule has 5 aromatic rings. The maximum absolute atomic E-state index is 11.1. The van der Waals surface area contributed by atoms with Crippen LogP contribution in [0.3, 0.4) is 0 Å². The molecule has 11 nitrogen and oxygen atoms in total. The molecule has 2 N–H and O–H groups in total. The smallest absolute Gasteiger partial charge is 0.258 e. The van der Waals surface area contributed by atoms with E-state index in [0.29, 0.717) is 62.9 Å². The topological polar surface area (TPSA) is 135 Å². The van der Waals surface area contributed by atoms with Crippen molar-refractivity contribution in [3.8, 4) is 57.3 Å². The molecule has 0 spiro atoms. The van der Waals surface area contributed by atoms with Crippen molar-refractivity contribution in [1.82, 2.24) is 10.1 Å². The minimum Gasteiger partial charge on any atom is -0.493 e. The Kier molecular flexibility index (Phi) is 10.4. The molecule has 0 saturated heterocycles. The van der Waals surface area contributed by atoms with E-state index in [-0.39, 0.29) is 0 Å². The van der Waals surface area contributed by atoms with E-state index < -0.39 is 23.4 Å². The number of hydrogen-bond acceptors (Lipinski definition) is 11. The average Bonchev–Trinajstić information content (AvgIpc) is 3.61. The molecule has 1 aromatic heterocycles. The number of benzene rings is 4. The molecule has 0 fully saturated rings. The minimum atomic E-state index is -0.967. The highest BCUT2D eigenvalue weighted by Crippen LogP contribution is 2.38. The van der Waals surface area contributed by atoms with Crippen molar-refractivity contribution in [2.75, 3.05) is 28.4 Å². The van der Waals surface area contributed by atoms with Crippen molar-refractivity contribution < 1.29 is 43.2 Å². The molecule has 4 aromatic carbocycles. The molecule has 258 valence electrons. The van der Waals surface area contributed by atoms with Gasteiger partial charge in [0.05, 0.1) is 28.4 Å². The number of aromatic nitrogens is 2. The van der Waals surface area contributed by atoms with Crippen LogP contribution < -0.4 is 28.4 Å². The van der Waals surface area contributed by atoms with Gasteiger partial charge in [-0.3, -0.25) is 0 Å². The number of aliphatic hydroxyl groups excluding tert-OH is 2. The predicted octanol–water partition coefficient (Wildman–Crippen LogP) is 7.22. The molecule has 0 aliphatic rings. The standard InChI is InChI=1S/C38H42N2O9/c1-37(2,33(41)25-13-19-29(43-5)31(21-25)45-7)47-27-15-9-23(10-16-27)35-39-36(49-40-35)24-11-17-28(18-12-24)48-38(3,4)34(42)26-14-20-30(44-6)32(22-26)46-8/h9-22,33-34,41-42H,1-8H3. The quantitative estimate of drug-likeness (QED) is 0.124. The number of rotatable bonds is 14. The van der Waals surface area contributed by atoms with Crippen molar-refractivity contribution in [3.63, 3.8) is 0 Å². The van der Waals surface area contributed by atoms with E-state index in [1.54, 1.807) is 89.1 Å². The van der Waals surface area contributed by atoms with Crippen LogP contribution in [0.2, 0.25) is 0 Å². The van der Waals surface area contributed by atoms with Gasteiger partial charge >= 0.3 is 0 Å². The van der Waals surface area contributed by atoms with E-state index in [1.807, 2.05) is 52.0 Å². The summed E-state index contributed by atoms with van der Waals surface area (Å²) >= 11 is 0. The van der Waals surface area contributed by atoms with E-state index in [4.69, 9.17) is 32.9 Å². The second-order valence-corrected chi connectivity index (χ2v) is 12.4. The second-order valence-electron chi connectivity index (χ2n) is 12.4. The molecule has 0 bridgehead atoms. The number of ether oxygens (including phenoxy) is 6. The summed E-state index contributed by atoms with van der Waals surface area (Å²) < 4.78 is 39.3. The van der Waals surface area contributed by atoms with E-state index in [0.717, 1.165) is 5.56 Å². The van der Waals surface area contributed by atoms with Crippen molar-refractivity contribution in [3.05, 3.63) is 96.1 Å². The first-order chi connectivity index (χ1) is 23.4. The normalized spacial score (nSPS) is 12.9. The van der Waals surface area contributed by atoms with E-state index in [2.05, 4.69) is 10.1 Å². The fourth-order valence-electron chi connectivity index (χ4n) is 5.36. The molecule has 11 heteroatoms. The van der Waals surface area contributed by atoms with Gasteiger partial charge in [-0.15, -0.1) is 0 Å². The lowest BCUT2D eigenvalue weighted by atomic mass is 9.94. The highest BCUT2D eigenvalue weighted by atomic mass is 16.5. The lowest BCUT2D eigenvalue weighted by Gasteiger charge is -2.32. The summed E-state index contributed by atoms with van der Waals surface area (Å²) in [5.41, 5.74) is 0.766. The lowest BCUT2D eigenvalue weighted by molar-refractivity contribution is -0.0302. The minimum absolute atomic E-state index is 0.339. The highest BCUT2D eigenvalue weighted by molar-refractivity contribution is 5.61. The largest absolute Gasteiger partial charge is 0.493 e. The zero-order valence-corrected chi connectivity index (χ0v) is 28.9. The van der Waals surface area contributed by atoms with E-state index >= 15 is 0 Å². The Bertz CT molecular complexity index is 1720. The van der Waals surface area contributed by atoms with Gasteiger partial charge < -0.3 is 43.2 Å². The van der Waals surface area contributed by atoms with Gasteiger partial charge in [-0.05, 0) is 112 Å². The summed E-state index contributed by atoms with van der Waals surface area (Å²) in [6.07, 6.45) is -1.90. The zero-order chi connectivity index (χ0) is 35.3. The monoisotopic (exact) mass is 670 g/mol. The molecule has 0 amide bonds. The number of aliphatic hydroxyl groups is 2. The number of hydrogen-bond donors (Lipinski definition) is 2. The first-order valence-corrected chi connectivity index (χ1v) is 15.6. The summed E-state index contributed by atoms with van der Waals surface area (Å²) in [6, 6.07) is 25.0. The fraction of sp³-hybridized carbons (Fsp3) is 0.316. The van der Waals surface area contributed by atoms with Crippen LogP contribution in [0.15, 0.2) is 89.5 Å². The van der Waals surface area contributed by atoms with Gasteiger partial charge in [-0.2, -0.15) is 4.98 Å². The summed E-state index contributed by atoms with van der Waals surface area (Å²) in [4.78, 5) is 4.57. The zero-order valence-electron chi connectivity index (χ0n) is 28.9. The van der Waals surface area contributed by atoms with Crippen LogP contribution in [-0.2, 0) is 0 Å². The van der Waals surface area contributed by atoms with Crippen LogP contribution in [-0.4, -0.2) is 60.0 Å². The molecule has 2 unspecified atom stereocenters. The highest BCUT2D eigenvalue weighted by Gasteiger charge is 2.33. The van der Waals surface area contributed by atoms with Gasteiger partial charge in [0, 0.05) is 11.1 Å². The van der Waals surface area contributed by atoms with Crippen LogP contribution in [0.5, 0.6) is 34.5 Å². The Balaban J connectivity index is 1.23. The molecule has 5 rings (SSSR count). The Labute approximate surface area is 285 Å². The predicted molar refractivity (Wildman–Crippen MR) is 184 cm³/mol. The van der Waals surface area contributed by atoms with Gasteiger partial charge in [0.15, 0.2) is 23.0 Å². The number of nitrogens with zero attached hydrogens (tertiary/aromatic N) is 2. The Morgan fingerprint density at radius 2 is 0.959 bits per heavy atom. The third-order valence-corrected chi connectivity index (χ3v) is 8.17. The molecule has 0 aliphatic carbocycles. The van der Waals surface area contributed by atoms with Crippen LogP contribution in [0.1, 0.15) is 51.0 Å². The van der Waals surface area contributed by atoms with Crippen LogP contribution >= 0.6 is 0 Å². The van der Waals surface area contributed by atoms with E-state index in [1.165, 1.54) is 0 Å². The van der Waals surface area contributed by atoms with Crippen molar-refractivity contribution in [1.29, 1.82) is 0 Å². The first kappa shape index (κ1) is 35.1. The molecule has 0 saturated carbocycles. The van der Waals surface area contributed by atoms with Gasteiger partial charge in [0.25, 0.3) is 5.89 Å². The van der Waals surface area contributed by atoms with E-state index in [9.17, 15) is 10.2 Å². The summed E-state index contributed by atoms with van der Waals surface area (Å²) in [6.45, 7) is 7.24.